The number of nitrogens with zero attached hydrogens (tertiary/aromatic N) is 3. The van der Waals surface area contributed by atoms with Crippen LogP contribution in [0.2, 0.25) is 0 Å². The van der Waals surface area contributed by atoms with Gasteiger partial charge in [0.15, 0.2) is 0 Å². The number of nitrogens with one attached hydrogen (secondary N) is 1. The molecule has 6 nitrogen and oxygen atoms in total. The van der Waals surface area contributed by atoms with Gasteiger partial charge >= 0.3 is 0 Å². The van der Waals surface area contributed by atoms with Gasteiger partial charge in [-0.05, 0) is 30.0 Å². The molecule has 4 aromatic rings. The third-order valence-corrected chi connectivity index (χ3v) is 6.20. The quantitative estimate of drug-likeness (QED) is 0.546. The number of anilines is 1. The van der Waals surface area contributed by atoms with E-state index in [1.54, 1.807) is 24.8 Å². The Balaban J connectivity index is 0.00000180. The lowest BCUT2D eigenvalue weighted by Gasteiger charge is -2.28. The second-order valence-electron chi connectivity index (χ2n) is 6.72. The summed E-state index contributed by atoms with van der Waals surface area (Å²) >= 11 is 1.72. The van der Waals surface area contributed by atoms with Crippen LogP contribution in [0.5, 0.6) is 5.75 Å². The summed E-state index contributed by atoms with van der Waals surface area (Å²) in [6, 6.07) is 6.88. The molecule has 3 aromatic heterocycles. The second kappa shape index (κ2) is 6.67. The monoisotopic (exact) mass is 401 g/mol. The van der Waals surface area contributed by atoms with E-state index in [1.807, 2.05) is 0 Å². The summed E-state index contributed by atoms with van der Waals surface area (Å²) < 4.78 is 8.96. The first kappa shape index (κ1) is 18.0. The standard InChI is InChI=1S/C19H19N5OS.ClH/c1-10-3-11-5-15(26-17(11)14(4-10)25-2)13-8-24(12-6-21-7-12)19-16(13)18(20)22-9-23-19;/h3-5,8-9,12,21H,6-7H2,1-2H3,(H2,20,22,23);1H. The Kier molecular flexibility index (Phi) is 4.46. The molecule has 0 radical (unpaired) electrons. The molecule has 0 unspecified atom stereocenters. The fraction of sp³-hybridized carbons (Fsp3) is 0.263. The highest BCUT2D eigenvalue weighted by molar-refractivity contribution is 7.22. The summed E-state index contributed by atoms with van der Waals surface area (Å²) in [4.78, 5) is 9.90. The molecule has 1 fully saturated rings. The van der Waals surface area contributed by atoms with E-state index in [1.165, 1.54) is 10.9 Å². The summed E-state index contributed by atoms with van der Waals surface area (Å²) in [7, 11) is 1.72. The van der Waals surface area contributed by atoms with E-state index in [-0.39, 0.29) is 12.4 Å². The fourth-order valence-electron chi connectivity index (χ4n) is 3.59. The number of nitrogen functional groups attached to an aromatic ring is 1. The number of nitrogens with two attached hydrogens (primary N) is 1. The highest BCUT2D eigenvalue weighted by Crippen LogP contribution is 2.43. The van der Waals surface area contributed by atoms with Gasteiger partial charge in [-0.3, -0.25) is 0 Å². The third-order valence-electron chi connectivity index (χ3n) is 5.00. The first-order valence-corrected chi connectivity index (χ1v) is 9.37. The van der Waals surface area contributed by atoms with Gasteiger partial charge in [-0.1, -0.05) is 6.07 Å². The average molecular weight is 402 g/mol. The van der Waals surface area contributed by atoms with Gasteiger partial charge in [0.1, 0.15) is 23.5 Å². The highest BCUT2D eigenvalue weighted by Gasteiger charge is 2.25. The van der Waals surface area contributed by atoms with Crippen LogP contribution in [0.1, 0.15) is 11.6 Å². The second-order valence-corrected chi connectivity index (χ2v) is 7.77. The van der Waals surface area contributed by atoms with E-state index in [0.717, 1.165) is 45.0 Å². The van der Waals surface area contributed by atoms with Crippen molar-refractivity contribution in [1.82, 2.24) is 19.9 Å². The van der Waals surface area contributed by atoms with E-state index in [0.29, 0.717) is 11.9 Å². The first-order valence-electron chi connectivity index (χ1n) is 8.56. The van der Waals surface area contributed by atoms with Gasteiger partial charge in [0.2, 0.25) is 0 Å². The molecule has 140 valence electrons. The molecule has 0 bridgehead atoms. The molecule has 1 aliphatic rings. The maximum absolute atomic E-state index is 6.24. The van der Waals surface area contributed by atoms with Crippen LogP contribution in [0.15, 0.2) is 30.7 Å². The van der Waals surface area contributed by atoms with Crippen molar-refractivity contribution in [2.45, 2.75) is 13.0 Å². The van der Waals surface area contributed by atoms with Crippen molar-refractivity contribution in [2.75, 3.05) is 25.9 Å². The smallest absolute Gasteiger partial charge is 0.146 e. The molecule has 3 N–H and O–H groups in total. The molecular weight excluding hydrogens is 382 g/mol. The number of aromatic nitrogens is 3. The summed E-state index contributed by atoms with van der Waals surface area (Å²) in [5.74, 6) is 1.43. The molecule has 0 atom stereocenters. The molecule has 8 heteroatoms. The van der Waals surface area contributed by atoms with Crippen LogP contribution >= 0.6 is 23.7 Å². The van der Waals surface area contributed by atoms with Crippen LogP contribution in [-0.2, 0) is 0 Å². The molecule has 0 aliphatic carbocycles. The van der Waals surface area contributed by atoms with E-state index >= 15 is 0 Å². The lowest BCUT2D eigenvalue weighted by atomic mass is 10.1. The minimum Gasteiger partial charge on any atom is -0.495 e. The zero-order valence-electron chi connectivity index (χ0n) is 15.0. The molecule has 27 heavy (non-hydrogen) atoms. The van der Waals surface area contributed by atoms with Gasteiger partial charge in [-0.15, -0.1) is 23.7 Å². The molecule has 1 saturated heterocycles. The Bertz CT molecular complexity index is 1150. The van der Waals surface area contributed by atoms with Crippen LogP contribution in [-0.4, -0.2) is 34.7 Å². The number of aryl methyl sites for hydroxylation is 1. The zero-order chi connectivity index (χ0) is 17.8. The largest absolute Gasteiger partial charge is 0.495 e. The SMILES string of the molecule is COc1cc(C)cc2cc(-c3cn(C4CNC4)c4ncnc(N)c34)sc12.Cl. The number of benzene rings is 1. The van der Waals surface area contributed by atoms with Gasteiger partial charge in [0.25, 0.3) is 0 Å². The maximum atomic E-state index is 6.24. The van der Waals surface area contributed by atoms with Crippen LogP contribution in [0.25, 0.3) is 31.6 Å². The summed E-state index contributed by atoms with van der Waals surface area (Å²) in [5, 5.41) is 5.44. The Morgan fingerprint density at radius 1 is 1.26 bits per heavy atom. The number of rotatable bonds is 3. The predicted molar refractivity (Wildman–Crippen MR) is 113 cm³/mol. The number of methoxy groups -OCH3 is 1. The normalized spacial score (nSPS) is 14.3. The fourth-order valence-corrected chi connectivity index (χ4v) is 4.74. The predicted octanol–water partition coefficient (Wildman–Crippen LogP) is 3.78. The summed E-state index contributed by atoms with van der Waals surface area (Å²) in [5.41, 5.74) is 9.42. The molecule has 4 heterocycles. The van der Waals surface area contributed by atoms with Gasteiger partial charge in [-0.2, -0.15) is 0 Å². The number of halogens is 1. The Morgan fingerprint density at radius 3 is 2.78 bits per heavy atom. The lowest BCUT2D eigenvalue weighted by Crippen LogP contribution is -2.43. The topological polar surface area (TPSA) is 78.0 Å². The Hall–Kier alpha value is -2.35. The van der Waals surface area contributed by atoms with Crippen molar-refractivity contribution in [3.8, 4) is 16.2 Å². The number of thiophene rings is 1. The van der Waals surface area contributed by atoms with Crippen molar-refractivity contribution in [1.29, 1.82) is 0 Å². The van der Waals surface area contributed by atoms with Gasteiger partial charge in [-0.25, -0.2) is 9.97 Å². The van der Waals surface area contributed by atoms with Crippen molar-refractivity contribution in [3.05, 3.63) is 36.3 Å². The molecular formula is C19H20ClN5OS. The van der Waals surface area contributed by atoms with Crippen LogP contribution < -0.4 is 15.8 Å². The third kappa shape index (κ3) is 2.74. The van der Waals surface area contributed by atoms with Gasteiger partial charge in [0, 0.05) is 29.7 Å². The molecule has 0 amide bonds. The highest BCUT2D eigenvalue weighted by atomic mass is 35.5. The molecule has 1 aromatic carbocycles. The Labute approximate surface area is 166 Å². The molecule has 5 rings (SSSR count). The van der Waals surface area contributed by atoms with E-state index in [9.17, 15) is 0 Å². The summed E-state index contributed by atoms with van der Waals surface area (Å²) in [6.45, 7) is 3.99. The minimum atomic E-state index is 0. The average Bonchev–Trinajstić information content (AvgIpc) is 3.15. The number of hydrogen-bond donors (Lipinski definition) is 2. The molecule has 0 saturated carbocycles. The van der Waals surface area contributed by atoms with E-state index < -0.39 is 0 Å². The number of ether oxygens (including phenoxy) is 1. The van der Waals surface area contributed by atoms with Crippen LogP contribution in [0.3, 0.4) is 0 Å². The van der Waals surface area contributed by atoms with Crippen LogP contribution in [0, 0.1) is 6.92 Å². The number of hydrogen-bond acceptors (Lipinski definition) is 6. The van der Waals surface area contributed by atoms with Crippen LogP contribution in [0.4, 0.5) is 5.82 Å². The van der Waals surface area contributed by atoms with E-state index in [2.05, 4.69) is 51.2 Å². The van der Waals surface area contributed by atoms with Gasteiger partial charge < -0.3 is 20.4 Å². The number of fused-ring (bicyclic) bond motifs is 2. The molecule has 0 spiro atoms. The van der Waals surface area contributed by atoms with Crippen molar-refractivity contribution >= 4 is 50.7 Å². The first-order chi connectivity index (χ1) is 12.7. The van der Waals surface area contributed by atoms with Crippen molar-refractivity contribution in [2.24, 2.45) is 0 Å². The van der Waals surface area contributed by atoms with Crippen molar-refractivity contribution in [3.63, 3.8) is 0 Å². The van der Waals surface area contributed by atoms with Crippen molar-refractivity contribution < 1.29 is 4.74 Å². The van der Waals surface area contributed by atoms with E-state index in [4.69, 9.17) is 10.5 Å². The Morgan fingerprint density at radius 2 is 2.07 bits per heavy atom. The minimum absolute atomic E-state index is 0. The van der Waals surface area contributed by atoms with Gasteiger partial charge in [0.05, 0.1) is 23.2 Å². The lowest BCUT2D eigenvalue weighted by molar-refractivity contribution is 0.350. The summed E-state index contributed by atoms with van der Waals surface area (Å²) in [6.07, 6.45) is 3.71. The zero-order valence-corrected chi connectivity index (χ0v) is 16.7. The maximum Gasteiger partial charge on any atom is 0.146 e. The molecule has 1 aliphatic heterocycles.